The van der Waals surface area contributed by atoms with E-state index in [-0.39, 0.29) is 0 Å². The molecule has 0 heterocycles. The maximum absolute atomic E-state index is 2.24. The van der Waals surface area contributed by atoms with E-state index in [1.807, 2.05) is 0 Å². The van der Waals surface area contributed by atoms with Crippen LogP contribution in [0.5, 0.6) is 0 Å². The molecule has 0 amide bonds. The van der Waals surface area contributed by atoms with Crippen LogP contribution in [-0.4, -0.2) is 0 Å². The Morgan fingerprint density at radius 3 is 1.30 bits per heavy atom. The SMILES string of the molecule is C/C=C/[C@H](C)[C@@H](C)/C=C/C. The highest BCUT2D eigenvalue weighted by Gasteiger charge is 2.02. The van der Waals surface area contributed by atoms with Crippen molar-refractivity contribution in [1.29, 1.82) is 0 Å². The van der Waals surface area contributed by atoms with Crippen molar-refractivity contribution in [2.24, 2.45) is 11.8 Å². The molecule has 0 nitrogen and oxygen atoms in total. The van der Waals surface area contributed by atoms with Crippen LogP contribution < -0.4 is 0 Å². The first-order chi connectivity index (χ1) is 4.72. The van der Waals surface area contributed by atoms with Gasteiger partial charge in [0.15, 0.2) is 0 Å². The summed E-state index contributed by atoms with van der Waals surface area (Å²) in [5.74, 6) is 1.34. The lowest BCUT2D eigenvalue weighted by atomic mass is 9.95. The molecule has 0 radical (unpaired) electrons. The lowest BCUT2D eigenvalue weighted by Gasteiger charge is -2.10. The molecule has 2 atom stereocenters. The second kappa shape index (κ2) is 5.28. The Labute approximate surface area is 64.6 Å². The van der Waals surface area contributed by atoms with Crippen molar-refractivity contribution in [1.82, 2.24) is 0 Å². The lowest BCUT2D eigenvalue weighted by Crippen LogP contribution is -2.00. The van der Waals surface area contributed by atoms with Crippen LogP contribution in [0.25, 0.3) is 0 Å². The van der Waals surface area contributed by atoms with Crippen molar-refractivity contribution in [3.63, 3.8) is 0 Å². The van der Waals surface area contributed by atoms with Crippen LogP contribution in [-0.2, 0) is 0 Å². The third-order valence-corrected chi connectivity index (χ3v) is 1.82. The number of allylic oxidation sites excluding steroid dienone is 4. The van der Waals surface area contributed by atoms with Crippen molar-refractivity contribution in [2.45, 2.75) is 27.7 Å². The summed E-state index contributed by atoms with van der Waals surface area (Å²) >= 11 is 0. The molecular formula is C10H18. The highest BCUT2D eigenvalue weighted by molar-refractivity contribution is 4.94. The van der Waals surface area contributed by atoms with Crippen molar-refractivity contribution < 1.29 is 0 Å². The standard InChI is InChI=1S/C10H18/c1-5-7-9(3)10(4)8-6-2/h5-10H,1-4H3/b7-5+,8-6+/t9-,10-/m0/s1. The zero-order chi connectivity index (χ0) is 7.98. The fourth-order valence-corrected chi connectivity index (χ4v) is 0.958. The Morgan fingerprint density at radius 1 is 0.800 bits per heavy atom. The van der Waals surface area contributed by atoms with Crippen LogP contribution in [0, 0.1) is 11.8 Å². The zero-order valence-corrected chi connectivity index (χ0v) is 7.46. The molecule has 0 rings (SSSR count). The van der Waals surface area contributed by atoms with E-state index in [9.17, 15) is 0 Å². The van der Waals surface area contributed by atoms with Gasteiger partial charge in [-0.2, -0.15) is 0 Å². The molecule has 0 fully saturated rings. The third kappa shape index (κ3) is 3.49. The van der Waals surface area contributed by atoms with Gasteiger partial charge < -0.3 is 0 Å². The third-order valence-electron chi connectivity index (χ3n) is 1.82. The van der Waals surface area contributed by atoms with Crippen molar-refractivity contribution in [3.8, 4) is 0 Å². The van der Waals surface area contributed by atoms with Gasteiger partial charge in [-0.15, -0.1) is 0 Å². The molecule has 0 aromatic heterocycles. The highest BCUT2D eigenvalue weighted by Crippen LogP contribution is 2.13. The summed E-state index contributed by atoms with van der Waals surface area (Å²) < 4.78 is 0. The minimum atomic E-state index is 0.668. The van der Waals surface area contributed by atoms with Gasteiger partial charge in [0, 0.05) is 0 Å². The van der Waals surface area contributed by atoms with E-state index in [1.165, 1.54) is 0 Å². The quantitative estimate of drug-likeness (QED) is 0.524. The molecular weight excluding hydrogens is 120 g/mol. The molecule has 0 aliphatic rings. The van der Waals surface area contributed by atoms with Crippen LogP contribution in [0.2, 0.25) is 0 Å². The van der Waals surface area contributed by atoms with E-state index in [0.717, 1.165) is 0 Å². The van der Waals surface area contributed by atoms with E-state index in [0.29, 0.717) is 11.8 Å². The van der Waals surface area contributed by atoms with Crippen LogP contribution in [0.15, 0.2) is 24.3 Å². The second-order valence-electron chi connectivity index (χ2n) is 2.77. The number of hydrogen-bond acceptors (Lipinski definition) is 0. The summed E-state index contributed by atoms with van der Waals surface area (Å²) in [7, 11) is 0. The van der Waals surface area contributed by atoms with E-state index >= 15 is 0 Å². The zero-order valence-electron chi connectivity index (χ0n) is 7.46. The van der Waals surface area contributed by atoms with E-state index < -0.39 is 0 Å². The maximum Gasteiger partial charge on any atom is -0.0202 e. The van der Waals surface area contributed by atoms with Crippen molar-refractivity contribution >= 4 is 0 Å². The average molecular weight is 138 g/mol. The van der Waals surface area contributed by atoms with Crippen LogP contribution in [0.4, 0.5) is 0 Å². The van der Waals surface area contributed by atoms with Crippen LogP contribution in [0.3, 0.4) is 0 Å². The average Bonchev–Trinajstić information content (AvgIpc) is 1.89. The van der Waals surface area contributed by atoms with E-state index in [2.05, 4.69) is 52.0 Å². The first kappa shape index (κ1) is 9.48. The van der Waals surface area contributed by atoms with Gasteiger partial charge in [-0.3, -0.25) is 0 Å². The molecule has 0 aromatic rings. The van der Waals surface area contributed by atoms with E-state index in [4.69, 9.17) is 0 Å². The van der Waals surface area contributed by atoms with Gasteiger partial charge in [-0.25, -0.2) is 0 Å². The van der Waals surface area contributed by atoms with Crippen LogP contribution in [0.1, 0.15) is 27.7 Å². The molecule has 0 aromatic carbocycles. The van der Waals surface area contributed by atoms with Crippen molar-refractivity contribution in [3.05, 3.63) is 24.3 Å². The normalized spacial score (nSPS) is 18.4. The fraction of sp³-hybridized carbons (Fsp3) is 0.600. The van der Waals surface area contributed by atoms with Gasteiger partial charge in [-0.1, -0.05) is 38.2 Å². The number of rotatable bonds is 3. The molecule has 0 bridgehead atoms. The minimum absolute atomic E-state index is 0.668. The molecule has 10 heavy (non-hydrogen) atoms. The fourth-order valence-electron chi connectivity index (χ4n) is 0.958. The molecule has 0 N–H and O–H groups in total. The Kier molecular flexibility index (Phi) is 5.00. The molecule has 0 heteroatoms. The molecule has 58 valence electrons. The topological polar surface area (TPSA) is 0 Å². The summed E-state index contributed by atoms with van der Waals surface area (Å²) in [5.41, 5.74) is 0. The van der Waals surface area contributed by atoms with Gasteiger partial charge in [0.2, 0.25) is 0 Å². The summed E-state index contributed by atoms with van der Waals surface area (Å²) in [6, 6.07) is 0. The highest BCUT2D eigenvalue weighted by atomic mass is 14.1. The maximum atomic E-state index is 2.24. The Bertz CT molecular complexity index is 104. The first-order valence-electron chi connectivity index (χ1n) is 3.98. The Hall–Kier alpha value is -0.520. The monoisotopic (exact) mass is 138 g/mol. The number of hydrogen-bond donors (Lipinski definition) is 0. The summed E-state index contributed by atoms with van der Waals surface area (Å²) in [5, 5.41) is 0. The summed E-state index contributed by atoms with van der Waals surface area (Å²) in [4.78, 5) is 0. The van der Waals surface area contributed by atoms with E-state index in [1.54, 1.807) is 0 Å². The van der Waals surface area contributed by atoms with Gasteiger partial charge in [0.05, 0.1) is 0 Å². The second-order valence-corrected chi connectivity index (χ2v) is 2.77. The predicted octanol–water partition coefficient (Wildman–Crippen LogP) is 3.41. The Balaban J connectivity index is 3.81. The molecule has 0 unspecified atom stereocenters. The van der Waals surface area contributed by atoms with Gasteiger partial charge in [0.25, 0.3) is 0 Å². The van der Waals surface area contributed by atoms with Gasteiger partial charge in [0.1, 0.15) is 0 Å². The molecule has 0 aliphatic heterocycles. The molecule has 0 aliphatic carbocycles. The molecule has 0 saturated heterocycles. The summed E-state index contributed by atoms with van der Waals surface area (Å²) in [6.07, 6.45) is 8.71. The van der Waals surface area contributed by atoms with Gasteiger partial charge in [-0.05, 0) is 25.7 Å². The summed E-state index contributed by atoms with van der Waals surface area (Å²) in [6.45, 7) is 8.62. The molecule has 0 spiro atoms. The Morgan fingerprint density at radius 2 is 1.10 bits per heavy atom. The first-order valence-corrected chi connectivity index (χ1v) is 3.98. The predicted molar refractivity (Wildman–Crippen MR) is 48.0 cm³/mol. The van der Waals surface area contributed by atoms with Crippen molar-refractivity contribution in [2.75, 3.05) is 0 Å². The smallest absolute Gasteiger partial charge is 0.0202 e. The molecule has 0 saturated carbocycles. The largest absolute Gasteiger partial charge is 0.0914 e. The lowest BCUT2D eigenvalue weighted by molar-refractivity contribution is 0.557. The van der Waals surface area contributed by atoms with Gasteiger partial charge >= 0.3 is 0 Å². The van der Waals surface area contributed by atoms with Crippen LogP contribution >= 0.6 is 0 Å². The minimum Gasteiger partial charge on any atom is -0.0914 e.